The van der Waals surface area contributed by atoms with Crippen LogP contribution in [0.3, 0.4) is 0 Å². The van der Waals surface area contributed by atoms with E-state index in [2.05, 4.69) is 9.97 Å². The van der Waals surface area contributed by atoms with Crippen LogP contribution < -0.4 is 0 Å². The maximum atomic E-state index is 13.8. The van der Waals surface area contributed by atoms with E-state index in [1.807, 2.05) is 0 Å². The molecule has 0 aliphatic carbocycles. The number of imidazole rings is 1. The lowest BCUT2D eigenvalue weighted by molar-refractivity contribution is 0.0692. The highest BCUT2D eigenvalue weighted by Crippen LogP contribution is 2.26. The van der Waals surface area contributed by atoms with E-state index >= 15 is 0 Å². The quantitative estimate of drug-likeness (QED) is 0.755. The minimum absolute atomic E-state index is 0.160. The summed E-state index contributed by atoms with van der Waals surface area (Å²) in [7, 11) is 0. The first-order valence-electron chi connectivity index (χ1n) is 5.83. The zero-order chi connectivity index (χ0) is 15.1. The van der Waals surface area contributed by atoms with Crippen LogP contribution in [-0.4, -0.2) is 21.0 Å². The first-order valence-corrected chi connectivity index (χ1v) is 6.21. The van der Waals surface area contributed by atoms with Crippen molar-refractivity contribution in [3.63, 3.8) is 0 Å². The molecule has 1 aromatic heterocycles. The molecule has 0 saturated carbocycles. The third-order valence-electron chi connectivity index (χ3n) is 2.99. The molecule has 3 aromatic rings. The lowest BCUT2D eigenvalue weighted by atomic mass is 10.2. The number of nitrogens with zero attached hydrogens (tertiary/aromatic N) is 1. The van der Waals surface area contributed by atoms with Crippen LogP contribution in [0.15, 0.2) is 30.3 Å². The molecule has 7 heteroatoms. The number of carboxylic acid groups (broad SMARTS) is 1. The number of H-pyrrole nitrogens is 1. The third-order valence-corrected chi connectivity index (χ3v) is 3.22. The van der Waals surface area contributed by atoms with E-state index in [1.54, 1.807) is 0 Å². The summed E-state index contributed by atoms with van der Waals surface area (Å²) < 4.78 is 27.4. The zero-order valence-electron chi connectivity index (χ0n) is 10.3. The summed E-state index contributed by atoms with van der Waals surface area (Å²) in [6, 6.07) is 6.18. The van der Waals surface area contributed by atoms with Gasteiger partial charge in [0.1, 0.15) is 17.5 Å². The van der Waals surface area contributed by atoms with Gasteiger partial charge in [0.15, 0.2) is 0 Å². The summed E-state index contributed by atoms with van der Waals surface area (Å²) in [5.41, 5.74) is 0.185. The van der Waals surface area contributed by atoms with Crippen LogP contribution >= 0.6 is 11.6 Å². The summed E-state index contributed by atoms with van der Waals surface area (Å²) in [4.78, 5) is 17.7. The molecule has 0 atom stereocenters. The van der Waals surface area contributed by atoms with E-state index in [0.717, 1.165) is 18.2 Å². The smallest absolute Gasteiger partial charge is 0.338 e. The van der Waals surface area contributed by atoms with Crippen molar-refractivity contribution < 1.29 is 18.7 Å². The molecule has 0 radical (unpaired) electrons. The van der Waals surface area contributed by atoms with Crippen molar-refractivity contribution >= 4 is 28.6 Å². The standard InChI is InChI=1S/C14H7ClF2N2O2/c15-6-1-2-7(9(16)3-6)13-18-11-4-8(14(20)21)10(17)5-12(11)19-13/h1-5H,(H,18,19)(H,20,21). The average Bonchev–Trinajstić information content (AvgIpc) is 2.79. The van der Waals surface area contributed by atoms with Gasteiger partial charge in [0, 0.05) is 11.1 Å². The number of aromatic nitrogens is 2. The third kappa shape index (κ3) is 2.34. The number of aromatic amines is 1. The lowest BCUT2D eigenvalue weighted by Crippen LogP contribution is -1.99. The average molecular weight is 309 g/mol. The number of nitrogens with one attached hydrogen (secondary N) is 1. The molecule has 3 rings (SSSR count). The molecule has 0 aliphatic rings. The lowest BCUT2D eigenvalue weighted by Gasteiger charge is -1.99. The SMILES string of the molecule is O=C(O)c1cc2nc(-c3ccc(Cl)cc3F)[nH]c2cc1F. The van der Waals surface area contributed by atoms with E-state index < -0.39 is 23.2 Å². The molecule has 0 spiro atoms. The van der Waals surface area contributed by atoms with Crippen LogP contribution in [0.5, 0.6) is 0 Å². The van der Waals surface area contributed by atoms with Crippen molar-refractivity contribution in [1.29, 1.82) is 0 Å². The monoisotopic (exact) mass is 308 g/mol. The topological polar surface area (TPSA) is 66.0 Å². The molecule has 21 heavy (non-hydrogen) atoms. The Kier molecular flexibility index (Phi) is 3.10. The van der Waals surface area contributed by atoms with Crippen LogP contribution in [-0.2, 0) is 0 Å². The highest BCUT2D eigenvalue weighted by atomic mass is 35.5. The van der Waals surface area contributed by atoms with Gasteiger partial charge < -0.3 is 10.1 Å². The molecule has 4 nitrogen and oxygen atoms in total. The molecule has 106 valence electrons. The Hall–Kier alpha value is -2.47. The van der Waals surface area contributed by atoms with Crippen LogP contribution in [0.4, 0.5) is 8.78 Å². The van der Waals surface area contributed by atoms with Crippen molar-refractivity contribution in [1.82, 2.24) is 9.97 Å². The number of hydrogen-bond donors (Lipinski definition) is 2. The molecular formula is C14H7ClF2N2O2. The van der Waals surface area contributed by atoms with Crippen LogP contribution in [0, 0.1) is 11.6 Å². The van der Waals surface area contributed by atoms with Crippen LogP contribution in [0.25, 0.3) is 22.4 Å². The Labute approximate surface area is 122 Å². The molecule has 0 bridgehead atoms. The van der Waals surface area contributed by atoms with Crippen molar-refractivity contribution in [2.45, 2.75) is 0 Å². The fraction of sp³-hybridized carbons (Fsp3) is 0. The predicted molar refractivity (Wildman–Crippen MR) is 73.4 cm³/mol. The predicted octanol–water partition coefficient (Wildman–Crippen LogP) is 3.86. The highest BCUT2D eigenvalue weighted by Gasteiger charge is 2.16. The minimum atomic E-state index is -1.39. The maximum Gasteiger partial charge on any atom is 0.338 e. The fourth-order valence-electron chi connectivity index (χ4n) is 2.00. The van der Waals surface area contributed by atoms with Crippen LogP contribution in [0.2, 0.25) is 5.02 Å². The summed E-state index contributed by atoms with van der Waals surface area (Å²) in [5, 5.41) is 9.11. The van der Waals surface area contributed by atoms with Gasteiger partial charge in [-0.2, -0.15) is 0 Å². The molecule has 0 aliphatic heterocycles. The van der Waals surface area contributed by atoms with E-state index in [-0.39, 0.29) is 27.4 Å². The molecule has 0 amide bonds. The summed E-state index contributed by atoms with van der Waals surface area (Å²) in [6.45, 7) is 0. The number of aromatic carboxylic acids is 1. The number of benzene rings is 2. The Bertz CT molecular complexity index is 877. The minimum Gasteiger partial charge on any atom is -0.478 e. The number of rotatable bonds is 2. The van der Waals surface area contributed by atoms with Crippen LogP contribution in [0.1, 0.15) is 10.4 Å². The first kappa shape index (κ1) is 13.5. The van der Waals surface area contributed by atoms with Crippen molar-refractivity contribution in [2.24, 2.45) is 0 Å². The Balaban J connectivity index is 2.19. The molecule has 2 N–H and O–H groups in total. The number of carbonyl (C=O) groups is 1. The Morgan fingerprint density at radius 3 is 2.62 bits per heavy atom. The number of hydrogen-bond acceptors (Lipinski definition) is 2. The molecule has 1 heterocycles. The molecule has 0 fully saturated rings. The number of carboxylic acids is 1. The van der Waals surface area contributed by atoms with Crippen molar-refractivity contribution in [2.75, 3.05) is 0 Å². The van der Waals surface area contributed by atoms with Gasteiger partial charge in [-0.25, -0.2) is 18.6 Å². The van der Waals surface area contributed by atoms with Crippen molar-refractivity contribution in [3.8, 4) is 11.4 Å². The van der Waals surface area contributed by atoms with Gasteiger partial charge in [-0.3, -0.25) is 0 Å². The normalized spacial score (nSPS) is 11.0. The van der Waals surface area contributed by atoms with E-state index in [1.165, 1.54) is 12.1 Å². The molecular weight excluding hydrogens is 302 g/mol. The second kappa shape index (κ2) is 4.82. The molecule has 0 unspecified atom stereocenters. The van der Waals surface area contributed by atoms with E-state index in [4.69, 9.17) is 16.7 Å². The van der Waals surface area contributed by atoms with Gasteiger partial charge in [0.2, 0.25) is 0 Å². The van der Waals surface area contributed by atoms with Gasteiger partial charge in [-0.15, -0.1) is 0 Å². The zero-order valence-corrected chi connectivity index (χ0v) is 11.1. The van der Waals surface area contributed by atoms with Gasteiger partial charge in [0.25, 0.3) is 0 Å². The highest BCUT2D eigenvalue weighted by molar-refractivity contribution is 6.30. The Morgan fingerprint density at radius 1 is 1.19 bits per heavy atom. The van der Waals surface area contributed by atoms with Gasteiger partial charge in [-0.05, 0) is 24.3 Å². The van der Waals surface area contributed by atoms with E-state index in [0.29, 0.717) is 0 Å². The number of halogens is 3. The maximum absolute atomic E-state index is 13.8. The summed E-state index contributed by atoms with van der Waals surface area (Å²) in [6.07, 6.45) is 0. The Morgan fingerprint density at radius 2 is 1.95 bits per heavy atom. The summed E-state index contributed by atoms with van der Waals surface area (Å²) >= 11 is 5.67. The van der Waals surface area contributed by atoms with Gasteiger partial charge >= 0.3 is 5.97 Å². The second-order valence-corrected chi connectivity index (χ2v) is 4.80. The largest absolute Gasteiger partial charge is 0.478 e. The van der Waals surface area contributed by atoms with Gasteiger partial charge in [-0.1, -0.05) is 11.6 Å². The molecule has 0 saturated heterocycles. The summed E-state index contributed by atoms with van der Waals surface area (Å²) in [5.74, 6) is -2.69. The fourth-order valence-corrected chi connectivity index (χ4v) is 2.16. The van der Waals surface area contributed by atoms with Gasteiger partial charge in [0.05, 0.1) is 22.2 Å². The second-order valence-electron chi connectivity index (χ2n) is 4.36. The molecule has 2 aromatic carbocycles. The first-order chi connectivity index (χ1) is 9.95. The van der Waals surface area contributed by atoms with E-state index in [9.17, 15) is 13.6 Å². The number of fused-ring (bicyclic) bond motifs is 1. The van der Waals surface area contributed by atoms with Crippen molar-refractivity contribution in [3.05, 3.63) is 52.6 Å².